The lowest BCUT2D eigenvalue weighted by Gasteiger charge is -2.35. The maximum atomic E-state index is 7.17. The molecule has 0 amide bonds. The smallest absolute Gasteiger partial charge is 0.143 e. The van der Waals surface area contributed by atoms with Gasteiger partial charge in [-0.05, 0) is 114 Å². The Kier molecular flexibility index (Phi) is 8.47. The van der Waals surface area contributed by atoms with Gasteiger partial charge in [0.15, 0.2) is 0 Å². The van der Waals surface area contributed by atoms with Crippen LogP contribution >= 0.6 is 0 Å². The topological polar surface area (TPSA) is 16.4 Å². The third-order valence-electron chi connectivity index (χ3n) is 13.7. The van der Waals surface area contributed by atoms with Crippen molar-refractivity contribution in [3.63, 3.8) is 0 Å². The van der Waals surface area contributed by atoms with Crippen molar-refractivity contribution >= 4 is 60.5 Å². The normalized spacial score (nSPS) is 12.7. The minimum absolute atomic E-state index is 0.532. The summed E-state index contributed by atoms with van der Waals surface area (Å²) >= 11 is 0. The van der Waals surface area contributed by atoms with E-state index >= 15 is 0 Å². The quantitative estimate of drug-likeness (QED) is 0.159. The maximum Gasteiger partial charge on any atom is 0.143 e. The van der Waals surface area contributed by atoms with Gasteiger partial charge in [0, 0.05) is 39.5 Å². The van der Waals surface area contributed by atoms with Crippen molar-refractivity contribution in [3.8, 4) is 33.4 Å². The summed E-state index contributed by atoms with van der Waals surface area (Å²) in [4.78, 5) is 2.40. The Morgan fingerprint density at radius 1 is 0.323 bits per heavy atom. The lowest BCUT2D eigenvalue weighted by atomic mass is 9.67. The molecule has 0 saturated heterocycles. The average molecular weight is 828 g/mol. The predicted octanol–water partition coefficient (Wildman–Crippen LogP) is 17.1. The van der Waals surface area contributed by atoms with Crippen LogP contribution in [0.15, 0.2) is 253 Å². The molecule has 0 saturated carbocycles. The van der Waals surface area contributed by atoms with Crippen molar-refractivity contribution in [2.45, 2.75) is 5.41 Å². The highest BCUT2D eigenvalue weighted by molar-refractivity contribution is 6.21. The second-order valence-corrected chi connectivity index (χ2v) is 17.2. The minimum Gasteiger partial charge on any atom is -0.455 e. The Hall–Kier alpha value is -8.46. The predicted molar refractivity (Wildman–Crippen MR) is 272 cm³/mol. The minimum atomic E-state index is -0.532. The van der Waals surface area contributed by atoms with E-state index in [0.29, 0.717) is 0 Å². The van der Waals surface area contributed by atoms with Crippen LogP contribution in [0.1, 0.15) is 22.3 Å². The molecule has 0 unspecified atom stereocenters. The number of anilines is 3. The van der Waals surface area contributed by atoms with Crippen molar-refractivity contribution < 1.29 is 4.42 Å². The summed E-state index contributed by atoms with van der Waals surface area (Å²) < 4.78 is 7.17. The molecule has 1 aliphatic carbocycles. The molecule has 1 heterocycles. The lowest BCUT2D eigenvalue weighted by Crippen LogP contribution is -2.28. The van der Waals surface area contributed by atoms with E-state index in [1.54, 1.807) is 0 Å². The van der Waals surface area contributed by atoms with Gasteiger partial charge in [-0.25, -0.2) is 0 Å². The number of nitrogens with zero attached hydrogens (tertiary/aromatic N) is 1. The first-order valence-corrected chi connectivity index (χ1v) is 22.4. The monoisotopic (exact) mass is 827 g/mol. The van der Waals surface area contributed by atoms with Crippen molar-refractivity contribution in [1.29, 1.82) is 0 Å². The van der Waals surface area contributed by atoms with Gasteiger partial charge >= 0.3 is 0 Å². The molecule has 2 nitrogen and oxygen atoms in total. The van der Waals surface area contributed by atoms with Gasteiger partial charge in [-0.2, -0.15) is 0 Å². The molecule has 0 spiro atoms. The van der Waals surface area contributed by atoms with Crippen LogP contribution in [0.3, 0.4) is 0 Å². The highest BCUT2D eigenvalue weighted by atomic mass is 16.3. The van der Waals surface area contributed by atoms with Crippen LogP contribution < -0.4 is 4.90 Å². The first-order valence-electron chi connectivity index (χ1n) is 22.4. The van der Waals surface area contributed by atoms with Crippen LogP contribution in [0.5, 0.6) is 0 Å². The third kappa shape index (κ3) is 5.74. The van der Waals surface area contributed by atoms with Crippen LogP contribution in [0.4, 0.5) is 17.1 Å². The van der Waals surface area contributed by atoms with E-state index in [9.17, 15) is 0 Å². The Bertz CT molecular complexity index is 3710. The molecular formula is C63H41NO. The zero-order valence-electron chi connectivity index (χ0n) is 35.5. The lowest BCUT2D eigenvalue weighted by molar-refractivity contribution is 0.670. The summed E-state index contributed by atoms with van der Waals surface area (Å²) in [7, 11) is 0. The van der Waals surface area contributed by atoms with E-state index in [-0.39, 0.29) is 0 Å². The summed E-state index contributed by atoms with van der Waals surface area (Å²) in [5, 5.41) is 6.98. The fraction of sp³-hybridized carbons (Fsp3) is 0.0159. The van der Waals surface area contributed by atoms with E-state index in [4.69, 9.17) is 4.42 Å². The molecular weight excluding hydrogens is 787 g/mol. The standard InChI is InChI=1S/C63H41NO/c1-4-17-42(18-5-1)43-31-33-48(34-32-43)64(49-35-37-54-53-28-14-15-30-58(53)63(59(54)40-49,46-22-6-2-7-23-46)47-24-8-3-9-25-47)50-36-38-55-57-39-45-20-11-13-27-52(45)61(62(57)65-60(55)41-50)56-29-16-21-44-19-10-12-26-51(44)56/h1-41H. The van der Waals surface area contributed by atoms with Crippen molar-refractivity contribution in [2.24, 2.45) is 0 Å². The van der Waals surface area contributed by atoms with E-state index in [2.05, 4.69) is 254 Å². The Balaban J connectivity index is 1.05. The number of hydrogen-bond donors (Lipinski definition) is 0. The van der Waals surface area contributed by atoms with E-state index in [0.717, 1.165) is 44.6 Å². The van der Waals surface area contributed by atoms with E-state index in [1.807, 2.05) is 0 Å². The molecule has 1 aromatic heterocycles. The Labute approximate surface area is 377 Å². The molecule has 65 heavy (non-hydrogen) atoms. The second kappa shape index (κ2) is 14.8. The summed E-state index contributed by atoms with van der Waals surface area (Å²) in [5.41, 5.74) is 16.6. The number of benzene rings is 11. The summed E-state index contributed by atoms with van der Waals surface area (Å²) in [6, 6.07) is 90.6. The molecule has 0 radical (unpaired) electrons. The van der Waals surface area contributed by atoms with Gasteiger partial charge in [-0.3, -0.25) is 0 Å². The molecule has 1 aliphatic rings. The maximum absolute atomic E-state index is 7.17. The Morgan fingerprint density at radius 2 is 0.877 bits per heavy atom. The van der Waals surface area contributed by atoms with Crippen molar-refractivity contribution in [1.82, 2.24) is 0 Å². The first-order chi connectivity index (χ1) is 32.2. The van der Waals surface area contributed by atoms with Gasteiger partial charge in [0.1, 0.15) is 11.2 Å². The fourth-order valence-electron chi connectivity index (χ4n) is 10.9. The SMILES string of the molecule is c1ccc(-c2ccc(N(c3ccc4c(c3)C(c3ccccc3)(c3ccccc3)c3ccccc3-4)c3ccc4c(c3)oc3c(-c5cccc6ccccc56)c5ccccc5cc34)cc2)cc1. The summed E-state index contributed by atoms with van der Waals surface area (Å²) in [5.74, 6) is 0. The molecule has 13 rings (SSSR count). The molecule has 304 valence electrons. The van der Waals surface area contributed by atoms with Crippen LogP contribution in [0.25, 0.3) is 76.9 Å². The average Bonchev–Trinajstić information content (AvgIpc) is 3.89. The first kappa shape index (κ1) is 37.1. The van der Waals surface area contributed by atoms with Gasteiger partial charge in [0.2, 0.25) is 0 Å². The molecule has 0 atom stereocenters. The molecule has 11 aromatic carbocycles. The zero-order valence-corrected chi connectivity index (χ0v) is 35.5. The summed E-state index contributed by atoms with van der Waals surface area (Å²) in [6.07, 6.45) is 0. The molecule has 0 fully saturated rings. The van der Waals surface area contributed by atoms with E-state index < -0.39 is 5.41 Å². The highest BCUT2D eigenvalue weighted by Gasteiger charge is 2.46. The highest BCUT2D eigenvalue weighted by Crippen LogP contribution is 2.57. The molecule has 0 bridgehead atoms. The molecule has 2 heteroatoms. The number of rotatable bonds is 7. The fourth-order valence-corrected chi connectivity index (χ4v) is 10.9. The van der Waals surface area contributed by atoms with Gasteiger partial charge < -0.3 is 9.32 Å². The molecule has 12 aromatic rings. The zero-order chi connectivity index (χ0) is 42.9. The summed E-state index contributed by atoms with van der Waals surface area (Å²) in [6.45, 7) is 0. The van der Waals surface area contributed by atoms with Crippen LogP contribution in [0.2, 0.25) is 0 Å². The van der Waals surface area contributed by atoms with Crippen molar-refractivity contribution in [2.75, 3.05) is 4.90 Å². The van der Waals surface area contributed by atoms with E-state index in [1.165, 1.54) is 71.6 Å². The third-order valence-corrected chi connectivity index (χ3v) is 13.7. The van der Waals surface area contributed by atoms with Crippen molar-refractivity contribution in [3.05, 3.63) is 271 Å². The van der Waals surface area contributed by atoms with Gasteiger partial charge in [0.25, 0.3) is 0 Å². The van der Waals surface area contributed by atoms with Crippen LogP contribution in [-0.2, 0) is 5.41 Å². The Morgan fingerprint density at radius 3 is 1.65 bits per heavy atom. The van der Waals surface area contributed by atoms with Crippen LogP contribution in [0, 0.1) is 0 Å². The molecule has 0 N–H and O–H groups in total. The number of furan rings is 1. The van der Waals surface area contributed by atoms with Gasteiger partial charge in [-0.15, -0.1) is 0 Å². The van der Waals surface area contributed by atoms with Gasteiger partial charge in [-0.1, -0.05) is 200 Å². The molecule has 0 aliphatic heterocycles. The largest absolute Gasteiger partial charge is 0.455 e. The van der Waals surface area contributed by atoms with Crippen LogP contribution in [-0.4, -0.2) is 0 Å². The number of hydrogen-bond acceptors (Lipinski definition) is 2. The number of fused-ring (bicyclic) bond motifs is 8. The van der Waals surface area contributed by atoms with Gasteiger partial charge in [0.05, 0.1) is 5.41 Å². The second-order valence-electron chi connectivity index (χ2n) is 17.2.